The highest BCUT2D eigenvalue weighted by atomic mass is 32.2. The van der Waals surface area contributed by atoms with Gasteiger partial charge < -0.3 is 14.5 Å². The molecule has 8 nitrogen and oxygen atoms in total. The molecule has 0 spiro atoms. The Morgan fingerprint density at radius 3 is 2.46 bits per heavy atom. The van der Waals surface area contributed by atoms with Crippen LogP contribution in [0, 0.1) is 13.8 Å². The van der Waals surface area contributed by atoms with Gasteiger partial charge in [-0.2, -0.15) is 0 Å². The Bertz CT molecular complexity index is 1360. The predicted octanol–water partition coefficient (Wildman–Crippen LogP) is 5.04. The second-order valence-corrected chi connectivity index (χ2v) is 8.68. The number of thioether (sulfide) groups is 1. The van der Waals surface area contributed by atoms with Gasteiger partial charge in [0, 0.05) is 11.4 Å². The number of ketones is 1. The monoisotopic (exact) mass is 490 g/mol. The maximum atomic E-state index is 13.1. The van der Waals surface area contributed by atoms with Crippen molar-refractivity contribution in [3.05, 3.63) is 77.1 Å². The highest BCUT2D eigenvalue weighted by molar-refractivity contribution is 7.99. The summed E-state index contributed by atoms with van der Waals surface area (Å²) in [6, 6.07) is 17.3. The lowest BCUT2D eigenvalue weighted by molar-refractivity contribution is 0.0525. The van der Waals surface area contributed by atoms with E-state index in [0.717, 1.165) is 11.3 Å². The number of aromatic amines is 1. The molecule has 0 aliphatic heterocycles. The number of hydrogen-bond acceptors (Lipinski definition) is 7. The molecule has 0 atom stereocenters. The molecule has 2 aromatic carbocycles. The summed E-state index contributed by atoms with van der Waals surface area (Å²) in [5.74, 6) is 0.817. The Balaban J connectivity index is 1.66. The second-order valence-electron chi connectivity index (χ2n) is 7.73. The minimum Gasteiger partial charge on any atom is -0.496 e. The molecule has 0 radical (unpaired) electrons. The highest BCUT2D eigenvalue weighted by Gasteiger charge is 2.24. The first kappa shape index (κ1) is 24.3. The number of carbonyl (C=O) groups is 2. The van der Waals surface area contributed by atoms with Gasteiger partial charge in [-0.05, 0) is 50.6 Å². The van der Waals surface area contributed by atoms with Crippen molar-refractivity contribution < 1.29 is 19.1 Å². The van der Waals surface area contributed by atoms with E-state index in [1.54, 1.807) is 27.9 Å². The summed E-state index contributed by atoms with van der Waals surface area (Å²) < 4.78 is 12.6. The Labute approximate surface area is 207 Å². The van der Waals surface area contributed by atoms with Crippen LogP contribution in [-0.2, 0) is 4.74 Å². The van der Waals surface area contributed by atoms with Crippen LogP contribution in [0.25, 0.3) is 17.1 Å². The number of methoxy groups -OCH3 is 1. The first-order valence-electron chi connectivity index (χ1n) is 11.1. The zero-order chi connectivity index (χ0) is 24.9. The zero-order valence-corrected chi connectivity index (χ0v) is 20.8. The maximum absolute atomic E-state index is 13.1. The lowest BCUT2D eigenvalue weighted by Gasteiger charge is -2.12. The second kappa shape index (κ2) is 10.6. The SMILES string of the molecule is CCOC(=O)c1c(C)[nH]c(C(=O)CSc2nnc(-c3ccccc3OC)n2-c2ccccc2)c1C. The van der Waals surface area contributed by atoms with Crippen molar-refractivity contribution in [2.75, 3.05) is 19.5 Å². The molecule has 2 aromatic heterocycles. The van der Waals surface area contributed by atoms with Crippen molar-refractivity contribution in [1.82, 2.24) is 19.7 Å². The van der Waals surface area contributed by atoms with E-state index in [9.17, 15) is 9.59 Å². The molecule has 0 unspecified atom stereocenters. The number of nitrogens with one attached hydrogen (secondary N) is 1. The molecule has 0 aliphatic carbocycles. The highest BCUT2D eigenvalue weighted by Crippen LogP contribution is 2.33. The predicted molar refractivity (Wildman–Crippen MR) is 135 cm³/mol. The largest absolute Gasteiger partial charge is 0.496 e. The topological polar surface area (TPSA) is 99.1 Å². The van der Waals surface area contributed by atoms with Crippen molar-refractivity contribution in [2.24, 2.45) is 0 Å². The van der Waals surface area contributed by atoms with Crippen molar-refractivity contribution in [2.45, 2.75) is 25.9 Å². The Morgan fingerprint density at radius 2 is 1.74 bits per heavy atom. The molecule has 0 saturated carbocycles. The normalized spacial score (nSPS) is 10.9. The Morgan fingerprint density at radius 1 is 1.03 bits per heavy atom. The average Bonchev–Trinajstić information content (AvgIpc) is 3.43. The number of H-pyrrole nitrogens is 1. The van der Waals surface area contributed by atoms with Gasteiger partial charge in [-0.3, -0.25) is 9.36 Å². The molecule has 4 aromatic rings. The summed E-state index contributed by atoms with van der Waals surface area (Å²) in [7, 11) is 1.61. The van der Waals surface area contributed by atoms with Gasteiger partial charge in [-0.25, -0.2) is 4.79 Å². The quantitative estimate of drug-likeness (QED) is 0.199. The third-order valence-electron chi connectivity index (χ3n) is 5.52. The van der Waals surface area contributed by atoms with Crippen LogP contribution >= 0.6 is 11.8 Å². The van der Waals surface area contributed by atoms with E-state index in [4.69, 9.17) is 9.47 Å². The molecule has 2 heterocycles. The number of carbonyl (C=O) groups excluding carboxylic acids is 2. The van der Waals surface area contributed by atoms with Crippen molar-refractivity contribution in [3.8, 4) is 22.8 Å². The van der Waals surface area contributed by atoms with E-state index in [1.807, 2.05) is 59.2 Å². The number of aryl methyl sites for hydroxylation is 1. The van der Waals surface area contributed by atoms with E-state index in [-0.39, 0.29) is 18.1 Å². The maximum Gasteiger partial charge on any atom is 0.340 e. The van der Waals surface area contributed by atoms with Gasteiger partial charge >= 0.3 is 5.97 Å². The summed E-state index contributed by atoms with van der Waals surface area (Å²) in [6.45, 7) is 5.53. The van der Waals surface area contributed by atoms with Crippen LogP contribution in [0.3, 0.4) is 0 Å². The fraction of sp³-hybridized carbons (Fsp3) is 0.231. The number of rotatable bonds is 9. The van der Waals surface area contributed by atoms with Gasteiger partial charge in [-0.15, -0.1) is 10.2 Å². The number of hydrogen-bond donors (Lipinski definition) is 1. The number of benzene rings is 2. The molecule has 180 valence electrons. The van der Waals surface area contributed by atoms with Crippen LogP contribution in [0.2, 0.25) is 0 Å². The number of Topliss-reactive ketones (excluding diaryl/α,β-unsaturated/α-hetero) is 1. The zero-order valence-electron chi connectivity index (χ0n) is 20.0. The smallest absolute Gasteiger partial charge is 0.340 e. The van der Waals surface area contributed by atoms with Crippen LogP contribution in [0.1, 0.15) is 39.0 Å². The van der Waals surface area contributed by atoms with Crippen molar-refractivity contribution in [1.29, 1.82) is 0 Å². The van der Waals surface area contributed by atoms with Crippen LogP contribution in [0.4, 0.5) is 0 Å². The van der Waals surface area contributed by atoms with E-state index in [0.29, 0.717) is 39.2 Å². The van der Waals surface area contributed by atoms with Gasteiger partial charge in [0.05, 0.1) is 36.3 Å². The van der Waals surface area contributed by atoms with Gasteiger partial charge in [0.25, 0.3) is 0 Å². The molecule has 0 saturated heterocycles. The standard InChI is InChI=1S/C26H26N4O4S/c1-5-34-25(32)22-16(2)23(27-17(22)3)20(31)15-35-26-29-28-24(19-13-9-10-14-21(19)33-4)30(26)18-11-7-6-8-12-18/h6-14,27H,5,15H2,1-4H3. The average molecular weight is 491 g/mol. The molecule has 35 heavy (non-hydrogen) atoms. The minimum absolute atomic E-state index is 0.111. The molecular formula is C26H26N4O4S. The van der Waals surface area contributed by atoms with Crippen LogP contribution in [-0.4, -0.2) is 51.0 Å². The minimum atomic E-state index is -0.435. The number of para-hydroxylation sites is 2. The number of ether oxygens (including phenoxy) is 2. The third kappa shape index (κ3) is 4.85. The van der Waals surface area contributed by atoms with E-state index in [1.165, 1.54) is 11.8 Å². The summed E-state index contributed by atoms with van der Waals surface area (Å²) in [5, 5.41) is 9.39. The number of esters is 1. The first-order valence-corrected chi connectivity index (χ1v) is 12.1. The van der Waals surface area contributed by atoms with Crippen molar-refractivity contribution in [3.63, 3.8) is 0 Å². The fourth-order valence-electron chi connectivity index (χ4n) is 3.92. The summed E-state index contributed by atoms with van der Waals surface area (Å²) >= 11 is 1.28. The van der Waals surface area contributed by atoms with E-state index in [2.05, 4.69) is 15.2 Å². The van der Waals surface area contributed by atoms with Crippen LogP contribution in [0.5, 0.6) is 5.75 Å². The molecule has 9 heteroatoms. The van der Waals surface area contributed by atoms with Crippen LogP contribution in [0.15, 0.2) is 59.8 Å². The van der Waals surface area contributed by atoms with Gasteiger partial charge in [0.2, 0.25) is 0 Å². The lowest BCUT2D eigenvalue weighted by atomic mass is 10.1. The Kier molecular flexibility index (Phi) is 7.36. The molecule has 0 fully saturated rings. The molecule has 0 amide bonds. The van der Waals surface area contributed by atoms with Crippen molar-refractivity contribution >= 4 is 23.5 Å². The lowest BCUT2D eigenvalue weighted by Crippen LogP contribution is -2.09. The van der Waals surface area contributed by atoms with Gasteiger partial charge in [0.1, 0.15) is 5.75 Å². The Hall–Kier alpha value is -3.85. The summed E-state index contributed by atoms with van der Waals surface area (Å²) in [4.78, 5) is 28.5. The van der Waals surface area contributed by atoms with Gasteiger partial charge in [0.15, 0.2) is 16.8 Å². The molecular weight excluding hydrogens is 464 g/mol. The van der Waals surface area contributed by atoms with Crippen LogP contribution < -0.4 is 4.74 Å². The van der Waals surface area contributed by atoms with E-state index >= 15 is 0 Å². The summed E-state index contributed by atoms with van der Waals surface area (Å²) in [5.41, 5.74) is 3.66. The molecule has 0 aliphatic rings. The molecule has 0 bridgehead atoms. The third-order valence-corrected chi connectivity index (χ3v) is 6.45. The number of aromatic nitrogens is 4. The molecule has 1 N–H and O–H groups in total. The number of nitrogens with zero attached hydrogens (tertiary/aromatic N) is 3. The van der Waals surface area contributed by atoms with E-state index < -0.39 is 5.97 Å². The molecule has 4 rings (SSSR count). The summed E-state index contributed by atoms with van der Waals surface area (Å²) in [6.07, 6.45) is 0. The first-order chi connectivity index (χ1) is 17.0. The van der Waals surface area contributed by atoms with Gasteiger partial charge in [-0.1, -0.05) is 42.1 Å². The fourth-order valence-corrected chi connectivity index (χ4v) is 4.74.